The van der Waals surface area contributed by atoms with E-state index in [1.165, 1.54) is 31.6 Å². The Labute approximate surface area is 153 Å². The highest BCUT2D eigenvalue weighted by Crippen LogP contribution is 2.11. The molecule has 2 N–H and O–H groups in total. The lowest BCUT2D eigenvalue weighted by Gasteiger charge is -2.25. The lowest BCUT2D eigenvalue weighted by molar-refractivity contribution is -0.605. The molecule has 2 amide bonds. The smallest absolute Gasteiger partial charge is 0.328 e. The number of nitrogens with zero attached hydrogens (tertiary/aromatic N) is 1. The number of carbonyl (C=O) groups is 3. The monoisotopic (exact) mass is 365 g/mol. The van der Waals surface area contributed by atoms with Gasteiger partial charge >= 0.3 is 5.97 Å². The van der Waals surface area contributed by atoms with Crippen molar-refractivity contribution in [2.45, 2.75) is 52.1 Å². The number of carbonyl (C=O) groups excluding carboxylic acids is 3. The largest absolute Gasteiger partial charge is 0.619 e. The molecule has 0 spiro atoms. The van der Waals surface area contributed by atoms with Gasteiger partial charge in [0.05, 0.1) is 12.7 Å². The topological polar surface area (TPSA) is 111 Å². The summed E-state index contributed by atoms with van der Waals surface area (Å²) < 4.78 is 5.29. The normalized spacial score (nSPS) is 14.0. The number of hydrogen-bond acceptors (Lipinski definition) is 5. The fourth-order valence-corrected chi connectivity index (χ4v) is 2.43. The molecule has 1 heterocycles. The molecule has 0 bridgehead atoms. The van der Waals surface area contributed by atoms with Crippen molar-refractivity contribution in [2.24, 2.45) is 5.92 Å². The first-order valence-electron chi connectivity index (χ1n) is 8.71. The van der Waals surface area contributed by atoms with E-state index in [1.807, 2.05) is 20.8 Å². The predicted octanol–water partition coefficient (Wildman–Crippen LogP) is 0.922. The van der Waals surface area contributed by atoms with Gasteiger partial charge < -0.3 is 20.6 Å². The zero-order valence-electron chi connectivity index (χ0n) is 15.7. The van der Waals surface area contributed by atoms with Crippen LogP contribution in [0.25, 0.3) is 0 Å². The second-order valence-electron chi connectivity index (χ2n) is 6.16. The van der Waals surface area contributed by atoms with E-state index < -0.39 is 29.9 Å². The average Bonchev–Trinajstić information content (AvgIpc) is 2.64. The Balaban J connectivity index is 2.90. The summed E-state index contributed by atoms with van der Waals surface area (Å²) in [5.41, 5.74) is 0.274. The lowest BCUT2D eigenvalue weighted by atomic mass is 9.97. The van der Waals surface area contributed by atoms with Crippen molar-refractivity contribution in [3.05, 3.63) is 35.3 Å². The van der Waals surface area contributed by atoms with Crippen molar-refractivity contribution in [1.29, 1.82) is 0 Å². The zero-order valence-corrected chi connectivity index (χ0v) is 15.7. The van der Waals surface area contributed by atoms with Crippen molar-refractivity contribution in [1.82, 2.24) is 10.6 Å². The second kappa shape index (κ2) is 10.4. The number of esters is 1. The van der Waals surface area contributed by atoms with E-state index in [2.05, 4.69) is 10.6 Å². The first-order chi connectivity index (χ1) is 12.3. The molecule has 0 fully saturated rings. The summed E-state index contributed by atoms with van der Waals surface area (Å²) in [6, 6.07) is 1.19. The van der Waals surface area contributed by atoms with Gasteiger partial charge in [-0.1, -0.05) is 33.6 Å². The SMILES string of the molecule is CCC[C@H](NC(=O)[C@@H](NC(=O)c1cc[n+]([O-])cc1)[C@@H](C)CC)C(=O)OC. The van der Waals surface area contributed by atoms with E-state index in [4.69, 9.17) is 4.74 Å². The molecule has 8 heteroatoms. The quantitative estimate of drug-likeness (QED) is 0.384. The maximum atomic E-state index is 12.7. The first-order valence-corrected chi connectivity index (χ1v) is 8.71. The van der Waals surface area contributed by atoms with Gasteiger partial charge in [0.25, 0.3) is 5.91 Å². The molecule has 0 saturated heterocycles. The van der Waals surface area contributed by atoms with Crippen LogP contribution >= 0.6 is 0 Å². The molecule has 0 saturated carbocycles. The fraction of sp³-hybridized carbons (Fsp3) is 0.556. The van der Waals surface area contributed by atoms with Crippen molar-refractivity contribution >= 4 is 17.8 Å². The van der Waals surface area contributed by atoms with E-state index in [0.29, 0.717) is 24.0 Å². The number of rotatable bonds is 9. The van der Waals surface area contributed by atoms with Crippen molar-refractivity contribution in [3.63, 3.8) is 0 Å². The first kappa shape index (κ1) is 21.4. The minimum absolute atomic E-state index is 0.146. The Morgan fingerprint density at radius 2 is 1.81 bits per heavy atom. The van der Waals surface area contributed by atoms with Gasteiger partial charge in [-0.15, -0.1) is 0 Å². The number of nitrogens with one attached hydrogen (secondary N) is 2. The van der Waals surface area contributed by atoms with Crippen LogP contribution in [0.2, 0.25) is 0 Å². The fourth-order valence-electron chi connectivity index (χ4n) is 2.43. The van der Waals surface area contributed by atoms with Crippen LogP contribution in [0.1, 0.15) is 50.4 Å². The highest BCUT2D eigenvalue weighted by Gasteiger charge is 2.30. The van der Waals surface area contributed by atoms with Gasteiger partial charge in [-0.2, -0.15) is 4.73 Å². The van der Waals surface area contributed by atoms with E-state index >= 15 is 0 Å². The van der Waals surface area contributed by atoms with Gasteiger partial charge in [-0.25, -0.2) is 4.79 Å². The maximum Gasteiger partial charge on any atom is 0.328 e. The highest BCUT2D eigenvalue weighted by atomic mass is 16.5. The summed E-state index contributed by atoms with van der Waals surface area (Å²) >= 11 is 0. The minimum Gasteiger partial charge on any atom is -0.619 e. The number of pyridine rings is 1. The third kappa shape index (κ3) is 6.02. The Hall–Kier alpha value is -2.64. The molecule has 8 nitrogen and oxygen atoms in total. The molecule has 0 aliphatic rings. The number of methoxy groups -OCH3 is 1. The van der Waals surface area contributed by atoms with Gasteiger partial charge in [-0.3, -0.25) is 9.59 Å². The molecule has 0 aromatic carbocycles. The van der Waals surface area contributed by atoms with E-state index in [9.17, 15) is 19.6 Å². The molecular formula is C18H27N3O5. The van der Waals surface area contributed by atoms with Gasteiger partial charge in [0.1, 0.15) is 12.1 Å². The highest BCUT2D eigenvalue weighted by molar-refractivity contribution is 5.98. The van der Waals surface area contributed by atoms with Crippen LogP contribution in [0.5, 0.6) is 0 Å². The van der Waals surface area contributed by atoms with E-state index in [1.54, 1.807) is 0 Å². The molecule has 0 aliphatic carbocycles. The molecule has 0 radical (unpaired) electrons. The Bertz CT molecular complexity index is 618. The van der Waals surface area contributed by atoms with Crippen LogP contribution in [0.15, 0.2) is 24.5 Å². The Morgan fingerprint density at radius 1 is 1.19 bits per heavy atom. The summed E-state index contributed by atoms with van der Waals surface area (Å²) in [6.07, 6.45) is 4.22. The van der Waals surface area contributed by atoms with Crippen LogP contribution < -0.4 is 15.4 Å². The van der Waals surface area contributed by atoms with Gasteiger partial charge in [0.2, 0.25) is 5.91 Å². The second-order valence-corrected chi connectivity index (χ2v) is 6.16. The molecule has 144 valence electrons. The Kier molecular flexibility index (Phi) is 8.54. The number of ether oxygens (including phenoxy) is 1. The summed E-state index contributed by atoms with van der Waals surface area (Å²) in [5, 5.41) is 16.4. The molecule has 26 heavy (non-hydrogen) atoms. The molecule has 0 unspecified atom stereocenters. The molecule has 1 rings (SSSR count). The van der Waals surface area contributed by atoms with Crippen LogP contribution in [0.4, 0.5) is 0 Å². The zero-order chi connectivity index (χ0) is 19.7. The van der Waals surface area contributed by atoms with E-state index in [-0.39, 0.29) is 11.5 Å². The summed E-state index contributed by atoms with van der Waals surface area (Å²) in [7, 11) is 1.27. The van der Waals surface area contributed by atoms with Crippen LogP contribution in [-0.2, 0) is 14.3 Å². The maximum absolute atomic E-state index is 12.7. The van der Waals surface area contributed by atoms with Crippen molar-refractivity contribution in [3.8, 4) is 0 Å². The molecule has 1 aromatic rings. The standard InChI is InChI=1S/C18H27N3O5/c1-5-7-14(18(24)26-4)19-17(23)15(12(3)6-2)20-16(22)13-8-10-21(25)11-9-13/h8-12,14-15H,5-7H2,1-4H3,(H,19,23)(H,20,22)/t12-,14-,15-/m0/s1. The van der Waals surface area contributed by atoms with Gasteiger partial charge in [0.15, 0.2) is 12.4 Å². The number of amides is 2. The average molecular weight is 365 g/mol. The number of aromatic nitrogens is 1. The van der Waals surface area contributed by atoms with Crippen molar-refractivity contribution < 1.29 is 23.9 Å². The summed E-state index contributed by atoms with van der Waals surface area (Å²) in [5.74, 6) is -1.56. The van der Waals surface area contributed by atoms with Crippen LogP contribution in [0.3, 0.4) is 0 Å². The Morgan fingerprint density at radius 3 is 2.31 bits per heavy atom. The van der Waals surface area contributed by atoms with Crippen LogP contribution in [-0.4, -0.2) is 37.0 Å². The third-order valence-electron chi connectivity index (χ3n) is 4.23. The van der Waals surface area contributed by atoms with E-state index in [0.717, 1.165) is 0 Å². The predicted molar refractivity (Wildman–Crippen MR) is 95.0 cm³/mol. The van der Waals surface area contributed by atoms with Crippen LogP contribution in [0, 0.1) is 11.1 Å². The van der Waals surface area contributed by atoms with Gasteiger partial charge in [0, 0.05) is 12.1 Å². The lowest BCUT2D eigenvalue weighted by Crippen LogP contribution is -2.54. The number of hydrogen-bond donors (Lipinski definition) is 2. The molecule has 1 aromatic heterocycles. The molecule has 0 aliphatic heterocycles. The molecule has 3 atom stereocenters. The minimum atomic E-state index is -0.809. The molecular weight excluding hydrogens is 338 g/mol. The van der Waals surface area contributed by atoms with Gasteiger partial charge in [-0.05, 0) is 12.3 Å². The summed E-state index contributed by atoms with van der Waals surface area (Å²) in [6.45, 7) is 5.64. The third-order valence-corrected chi connectivity index (χ3v) is 4.23. The summed E-state index contributed by atoms with van der Waals surface area (Å²) in [4.78, 5) is 36.9. The van der Waals surface area contributed by atoms with Crippen molar-refractivity contribution in [2.75, 3.05) is 7.11 Å².